The lowest BCUT2D eigenvalue weighted by molar-refractivity contribution is -0.143. The number of nitrogens with zero attached hydrogens (tertiary/aromatic N) is 4. The van der Waals surface area contributed by atoms with Crippen LogP contribution in [0.1, 0.15) is 5.82 Å². The minimum Gasteiger partial charge on any atom is -0.508 e. The number of hydrogen-bond acceptors (Lipinski definition) is 5. The molecule has 7 nitrogen and oxygen atoms in total. The van der Waals surface area contributed by atoms with Gasteiger partial charge in [0.05, 0.1) is 36.1 Å². The Morgan fingerprint density at radius 2 is 1.81 bits per heavy atom. The number of carbonyl (C=O) groups excluding carboxylic acids is 1. The average molecular weight is 424 g/mol. The first kappa shape index (κ1) is 18.8. The van der Waals surface area contributed by atoms with E-state index in [2.05, 4.69) is 9.55 Å². The minimum atomic E-state index is -0.0568. The highest BCUT2D eigenvalue weighted by Crippen LogP contribution is 2.34. The zero-order valence-electron chi connectivity index (χ0n) is 17.2. The third-order valence-corrected chi connectivity index (χ3v) is 5.94. The Morgan fingerprint density at radius 1 is 1.00 bits per heavy atom. The quantitative estimate of drug-likeness (QED) is 0.477. The van der Waals surface area contributed by atoms with Gasteiger partial charge in [0, 0.05) is 23.4 Å². The number of amides is 1. The zero-order chi connectivity index (χ0) is 21.7. The van der Waals surface area contributed by atoms with Crippen LogP contribution in [0.4, 0.5) is 0 Å². The summed E-state index contributed by atoms with van der Waals surface area (Å²) in [6.07, 6.45) is 1.77. The van der Waals surface area contributed by atoms with Gasteiger partial charge in [-0.25, -0.2) is 4.98 Å². The summed E-state index contributed by atoms with van der Waals surface area (Å²) in [5.74, 6) is 0.829. The number of aromatic hydroxyl groups is 1. The number of phenolic OH excluding ortho intramolecular Hbond substituents is 1. The molecule has 158 valence electrons. The molecule has 1 fully saturated rings. The molecule has 0 aliphatic carbocycles. The summed E-state index contributed by atoms with van der Waals surface area (Å²) in [4.78, 5) is 23.7. The molecule has 1 aliphatic rings. The molecule has 0 atom stereocenters. The van der Waals surface area contributed by atoms with Gasteiger partial charge in [0.15, 0.2) is 0 Å². The Balaban J connectivity index is 1.68. The smallest absolute Gasteiger partial charge is 0.249 e. The highest BCUT2D eigenvalue weighted by Gasteiger charge is 2.24. The van der Waals surface area contributed by atoms with E-state index in [4.69, 9.17) is 9.72 Å². The number of pyridine rings is 1. The molecule has 0 radical (unpaired) electrons. The summed E-state index contributed by atoms with van der Waals surface area (Å²) in [5.41, 5.74) is 3.32. The molecule has 7 heteroatoms. The number of morpholine rings is 1. The van der Waals surface area contributed by atoms with Crippen molar-refractivity contribution in [2.45, 2.75) is 6.54 Å². The van der Waals surface area contributed by atoms with Crippen LogP contribution in [0.15, 0.2) is 66.9 Å². The van der Waals surface area contributed by atoms with E-state index in [0.29, 0.717) is 25.5 Å². The van der Waals surface area contributed by atoms with E-state index in [-0.39, 0.29) is 18.3 Å². The molecule has 1 aliphatic heterocycles. The molecule has 0 spiro atoms. The minimum absolute atomic E-state index is 0.0568. The van der Waals surface area contributed by atoms with Gasteiger partial charge in [-0.1, -0.05) is 42.5 Å². The second-order valence-corrected chi connectivity index (χ2v) is 7.93. The summed E-state index contributed by atoms with van der Waals surface area (Å²) in [7, 11) is 0. The van der Waals surface area contributed by atoms with Crippen molar-refractivity contribution in [2.24, 2.45) is 0 Å². The van der Waals surface area contributed by atoms with Crippen molar-refractivity contribution in [3.63, 3.8) is 0 Å². The molecule has 1 amide bonds. The van der Waals surface area contributed by atoms with Gasteiger partial charge in [0.1, 0.15) is 23.7 Å². The van der Waals surface area contributed by atoms with Crippen LogP contribution in [-0.4, -0.2) is 50.2 Å². The van der Waals surface area contributed by atoms with Gasteiger partial charge in [0.2, 0.25) is 5.91 Å². The lowest BCUT2D eigenvalue weighted by atomic mass is 10.1. The molecular formula is C25H20N4O3. The van der Waals surface area contributed by atoms with Gasteiger partial charge in [-0.3, -0.25) is 14.3 Å². The summed E-state index contributed by atoms with van der Waals surface area (Å²) in [5, 5.41) is 13.4. The average Bonchev–Trinajstić information content (AvgIpc) is 3.18. The highest BCUT2D eigenvalue weighted by molar-refractivity contribution is 6.04. The van der Waals surface area contributed by atoms with Crippen LogP contribution >= 0.6 is 0 Å². The Morgan fingerprint density at radius 3 is 2.69 bits per heavy atom. The lowest BCUT2D eigenvalue weighted by Gasteiger charge is -2.26. The molecule has 0 bridgehead atoms. The first-order valence-corrected chi connectivity index (χ1v) is 10.5. The zero-order valence-corrected chi connectivity index (χ0v) is 17.2. The van der Waals surface area contributed by atoms with Crippen molar-refractivity contribution >= 4 is 38.6 Å². The number of rotatable bonds is 3. The molecule has 0 unspecified atom stereocenters. The molecule has 1 N–H and O–H groups in total. The van der Waals surface area contributed by atoms with Crippen LogP contribution in [0.3, 0.4) is 0 Å². The maximum absolute atomic E-state index is 12.5. The maximum atomic E-state index is 12.5. The summed E-state index contributed by atoms with van der Waals surface area (Å²) < 4.78 is 7.35. The summed E-state index contributed by atoms with van der Waals surface area (Å²) in [6.45, 7) is 1.45. The van der Waals surface area contributed by atoms with Gasteiger partial charge in [-0.2, -0.15) is 0 Å². The number of para-hydroxylation sites is 1. The predicted molar refractivity (Wildman–Crippen MR) is 122 cm³/mol. The Labute approximate surface area is 183 Å². The van der Waals surface area contributed by atoms with Crippen molar-refractivity contribution in [2.75, 3.05) is 19.8 Å². The summed E-state index contributed by atoms with van der Waals surface area (Å²) >= 11 is 0. The maximum Gasteiger partial charge on any atom is 0.249 e. The fourth-order valence-corrected chi connectivity index (χ4v) is 4.46. The van der Waals surface area contributed by atoms with E-state index in [1.54, 1.807) is 23.2 Å². The Bertz CT molecular complexity index is 1510. The molecule has 5 aromatic rings. The van der Waals surface area contributed by atoms with Crippen molar-refractivity contribution < 1.29 is 14.6 Å². The second kappa shape index (κ2) is 7.32. The monoisotopic (exact) mass is 424 g/mol. The molecule has 3 heterocycles. The Hall–Kier alpha value is -3.97. The summed E-state index contributed by atoms with van der Waals surface area (Å²) in [6, 6.07) is 19.4. The van der Waals surface area contributed by atoms with E-state index < -0.39 is 0 Å². The van der Waals surface area contributed by atoms with Crippen molar-refractivity contribution in [1.29, 1.82) is 0 Å². The lowest BCUT2D eigenvalue weighted by Crippen LogP contribution is -2.41. The fraction of sp³-hybridized carbons (Fsp3) is 0.160. The van der Waals surface area contributed by atoms with Crippen LogP contribution in [0, 0.1) is 0 Å². The molecule has 1 saturated heterocycles. The Kier molecular flexibility index (Phi) is 4.29. The van der Waals surface area contributed by atoms with Gasteiger partial charge >= 0.3 is 0 Å². The molecule has 3 aromatic carbocycles. The van der Waals surface area contributed by atoms with Crippen LogP contribution in [-0.2, 0) is 16.1 Å². The fourth-order valence-electron chi connectivity index (χ4n) is 4.46. The number of hydrogen-bond donors (Lipinski definition) is 1. The van der Waals surface area contributed by atoms with E-state index >= 15 is 0 Å². The van der Waals surface area contributed by atoms with Gasteiger partial charge in [0.25, 0.3) is 0 Å². The molecule has 6 rings (SSSR count). The van der Waals surface area contributed by atoms with Gasteiger partial charge in [-0.05, 0) is 17.5 Å². The number of benzene rings is 3. The molecule has 32 heavy (non-hydrogen) atoms. The van der Waals surface area contributed by atoms with Crippen LogP contribution < -0.4 is 0 Å². The van der Waals surface area contributed by atoms with Crippen molar-refractivity contribution in [3.05, 3.63) is 72.7 Å². The van der Waals surface area contributed by atoms with E-state index in [1.807, 2.05) is 48.5 Å². The first-order chi connectivity index (χ1) is 15.7. The standard InChI is InChI=1S/C25H20N4O3/c30-17-11-16-5-1-2-6-18(16)22(12-17)29-23(14-28-9-10-32-15-24(28)31)27-21-13-26-20-8-4-3-7-19(20)25(21)29/h1-8,11-13,30H,9-10,14-15H2. The number of phenols is 1. The largest absolute Gasteiger partial charge is 0.508 e. The third kappa shape index (κ3) is 2.98. The van der Waals surface area contributed by atoms with E-state index in [1.165, 1.54) is 0 Å². The SMILES string of the molecule is O=C1COCCN1Cc1nc2cnc3ccccc3c2n1-c1cc(O)cc2ccccc12. The highest BCUT2D eigenvalue weighted by atomic mass is 16.5. The number of carbonyl (C=O) groups is 1. The van der Waals surface area contributed by atoms with Crippen LogP contribution in [0.2, 0.25) is 0 Å². The van der Waals surface area contributed by atoms with Crippen molar-refractivity contribution in [3.8, 4) is 11.4 Å². The molecule has 0 saturated carbocycles. The number of fused-ring (bicyclic) bond motifs is 4. The first-order valence-electron chi connectivity index (χ1n) is 10.5. The number of aromatic nitrogens is 3. The normalized spacial score (nSPS) is 14.6. The predicted octanol–water partition coefficient (Wildman–Crippen LogP) is 3.79. The van der Waals surface area contributed by atoms with Gasteiger partial charge in [-0.15, -0.1) is 0 Å². The topological polar surface area (TPSA) is 80.5 Å². The van der Waals surface area contributed by atoms with Crippen LogP contribution in [0.25, 0.3) is 38.4 Å². The van der Waals surface area contributed by atoms with Crippen molar-refractivity contribution in [1.82, 2.24) is 19.4 Å². The molecule has 2 aromatic heterocycles. The van der Waals surface area contributed by atoms with Gasteiger partial charge < -0.3 is 14.7 Å². The number of ether oxygens (including phenoxy) is 1. The number of imidazole rings is 1. The second-order valence-electron chi connectivity index (χ2n) is 7.93. The van der Waals surface area contributed by atoms with E-state index in [0.717, 1.165) is 38.4 Å². The van der Waals surface area contributed by atoms with E-state index in [9.17, 15) is 9.90 Å². The third-order valence-electron chi connectivity index (χ3n) is 5.94. The molecular weight excluding hydrogens is 404 g/mol. The van der Waals surface area contributed by atoms with Crippen LogP contribution in [0.5, 0.6) is 5.75 Å².